The molecule has 0 spiro atoms. The number of urea groups is 1. The van der Waals surface area contributed by atoms with Crippen molar-refractivity contribution in [3.05, 3.63) is 42.2 Å². The second-order valence-corrected chi connectivity index (χ2v) is 7.43. The third-order valence-corrected chi connectivity index (χ3v) is 4.89. The third-order valence-electron chi connectivity index (χ3n) is 3.44. The third kappa shape index (κ3) is 5.47. The highest BCUT2D eigenvalue weighted by Gasteiger charge is 2.13. The first-order valence-corrected chi connectivity index (χ1v) is 9.04. The summed E-state index contributed by atoms with van der Waals surface area (Å²) in [5, 5.41) is 9.48. The Bertz CT molecular complexity index is 831. The Hall–Kier alpha value is -2.59. The molecule has 1 aromatic carbocycles. The lowest BCUT2D eigenvalue weighted by atomic mass is 10.3. The van der Waals surface area contributed by atoms with E-state index in [1.54, 1.807) is 35.1 Å². The maximum atomic E-state index is 11.9. The van der Waals surface area contributed by atoms with Crippen molar-refractivity contribution in [1.82, 2.24) is 19.4 Å². The van der Waals surface area contributed by atoms with Crippen molar-refractivity contribution >= 4 is 27.6 Å². The second kappa shape index (κ2) is 7.99. The molecule has 0 fully saturated rings. The summed E-state index contributed by atoms with van der Waals surface area (Å²) in [6.45, 7) is 0.457. The Morgan fingerprint density at radius 1 is 1.24 bits per heavy atom. The molecule has 136 valence electrons. The Balaban J connectivity index is 1.88. The van der Waals surface area contributed by atoms with Gasteiger partial charge in [-0.2, -0.15) is 17.8 Å². The van der Waals surface area contributed by atoms with Crippen molar-refractivity contribution in [2.24, 2.45) is 7.05 Å². The number of rotatable bonds is 7. The van der Waals surface area contributed by atoms with E-state index >= 15 is 0 Å². The summed E-state index contributed by atoms with van der Waals surface area (Å²) in [6, 6.07) is 8.00. The van der Waals surface area contributed by atoms with E-state index < -0.39 is 10.2 Å². The molecule has 3 N–H and O–H groups in total. The number of anilines is 2. The lowest BCUT2D eigenvalue weighted by molar-refractivity contribution is 0.252. The van der Waals surface area contributed by atoms with Crippen molar-refractivity contribution in [3.63, 3.8) is 0 Å². The Labute approximate surface area is 147 Å². The van der Waals surface area contributed by atoms with Crippen LogP contribution in [0.5, 0.6) is 0 Å². The first kappa shape index (κ1) is 18.7. The van der Waals surface area contributed by atoms with E-state index in [1.807, 2.05) is 13.1 Å². The molecule has 2 aromatic rings. The molecular formula is C15H22N6O3S. The molecule has 25 heavy (non-hydrogen) atoms. The van der Waals surface area contributed by atoms with E-state index in [-0.39, 0.29) is 6.03 Å². The van der Waals surface area contributed by atoms with Crippen molar-refractivity contribution in [2.45, 2.75) is 6.42 Å². The zero-order valence-corrected chi connectivity index (χ0v) is 15.2. The monoisotopic (exact) mass is 366 g/mol. The van der Waals surface area contributed by atoms with E-state index in [1.165, 1.54) is 14.1 Å². The van der Waals surface area contributed by atoms with Gasteiger partial charge in [0.05, 0.1) is 5.69 Å². The maximum Gasteiger partial charge on any atom is 0.319 e. The minimum Gasteiger partial charge on any atom is -0.337 e. The van der Waals surface area contributed by atoms with Gasteiger partial charge >= 0.3 is 16.2 Å². The van der Waals surface area contributed by atoms with Crippen molar-refractivity contribution in [1.29, 1.82) is 0 Å². The van der Waals surface area contributed by atoms with Crippen LogP contribution in [0.2, 0.25) is 0 Å². The standard InChI is InChI=1S/C15H22N6O3S/c1-20(2)25(23,24)19-13-6-4-5-12(11-13)18-15(22)16-9-7-14-8-10-17-21(14)3/h4-6,8,10-11,19H,7,9H2,1-3H3,(H2,16,18,22). The summed E-state index contributed by atoms with van der Waals surface area (Å²) in [7, 11) is 1.11. The van der Waals surface area contributed by atoms with Crippen LogP contribution in [0.25, 0.3) is 0 Å². The summed E-state index contributed by atoms with van der Waals surface area (Å²) >= 11 is 0. The summed E-state index contributed by atoms with van der Waals surface area (Å²) in [6.07, 6.45) is 2.36. The normalized spacial score (nSPS) is 11.4. The number of benzene rings is 1. The predicted molar refractivity (Wildman–Crippen MR) is 96.6 cm³/mol. The van der Waals surface area contributed by atoms with Crippen molar-refractivity contribution < 1.29 is 13.2 Å². The van der Waals surface area contributed by atoms with Gasteiger partial charge in [0.2, 0.25) is 0 Å². The SMILES string of the molecule is CN(C)S(=O)(=O)Nc1cccc(NC(=O)NCCc2ccnn2C)c1. The van der Waals surface area contributed by atoms with Crippen LogP contribution >= 0.6 is 0 Å². The number of hydrogen-bond donors (Lipinski definition) is 3. The molecule has 1 aromatic heterocycles. The van der Waals surface area contributed by atoms with Crippen LogP contribution in [-0.2, 0) is 23.7 Å². The molecule has 0 bridgehead atoms. The van der Waals surface area contributed by atoms with Crippen LogP contribution in [0.15, 0.2) is 36.5 Å². The average molecular weight is 366 g/mol. The van der Waals surface area contributed by atoms with Gasteiger partial charge in [-0.25, -0.2) is 4.79 Å². The van der Waals surface area contributed by atoms with E-state index in [4.69, 9.17) is 0 Å². The fraction of sp³-hybridized carbons (Fsp3) is 0.333. The van der Waals surface area contributed by atoms with E-state index in [2.05, 4.69) is 20.5 Å². The van der Waals surface area contributed by atoms with Gasteiger partial charge in [0.15, 0.2) is 0 Å². The number of aryl methyl sites for hydroxylation is 1. The lowest BCUT2D eigenvalue weighted by Gasteiger charge is -2.14. The van der Waals surface area contributed by atoms with Gasteiger partial charge in [0.1, 0.15) is 0 Å². The smallest absolute Gasteiger partial charge is 0.319 e. The zero-order chi connectivity index (χ0) is 18.4. The highest BCUT2D eigenvalue weighted by Crippen LogP contribution is 2.16. The van der Waals surface area contributed by atoms with Gasteiger partial charge in [-0.1, -0.05) is 6.07 Å². The number of aromatic nitrogens is 2. The van der Waals surface area contributed by atoms with Crippen LogP contribution in [0.1, 0.15) is 5.69 Å². The number of nitrogens with zero attached hydrogens (tertiary/aromatic N) is 3. The first-order valence-electron chi connectivity index (χ1n) is 7.60. The van der Waals surface area contributed by atoms with Crippen molar-refractivity contribution in [3.8, 4) is 0 Å². The Kier molecular flexibility index (Phi) is 5.99. The van der Waals surface area contributed by atoms with E-state index in [9.17, 15) is 13.2 Å². The molecule has 0 aliphatic carbocycles. The average Bonchev–Trinajstić information content (AvgIpc) is 2.92. The minimum atomic E-state index is -3.59. The van der Waals surface area contributed by atoms with Gasteiger partial charge < -0.3 is 10.6 Å². The topological polar surface area (TPSA) is 108 Å². The first-order chi connectivity index (χ1) is 11.8. The predicted octanol–water partition coefficient (Wildman–Crippen LogP) is 1.00. The van der Waals surface area contributed by atoms with Crippen LogP contribution in [0.3, 0.4) is 0 Å². The zero-order valence-electron chi connectivity index (χ0n) is 14.4. The molecule has 2 amide bonds. The number of nitrogens with one attached hydrogen (secondary N) is 3. The van der Waals surface area contributed by atoms with E-state index in [0.717, 1.165) is 10.00 Å². The molecule has 0 saturated heterocycles. The van der Waals surface area contributed by atoms with Crippen LogP contribution < -0.4 is 15.4 Å². The highest BCUT2D eigenvalue weighted by molar-refractivity contribution is 7.90. The van der Waals surface area contributed by atoms with Gasteiger partial charge in [-0.05, 0) is 24.3 Å². The van der Waals surface area contributed by atoms with Crippen molar-refractivity contribution in [2.75, 3.05) is 30.7 Å². The molecule has 0 aliphatic heterocycles. The maximum absolute atomic E-state index is 11.9. The highest BCUT2D eigenvalue weighted by atomic mass is 32.2. The Morgan fingerprint density at radius 2 is 1.96 bits per heavy atom. The van der Waals surface area contributed by atoms with Gasteiger partial charge in [0, 0.05) is 51.7 Å². The number of carbonyl (C=O) groups is 1. The molecule has 2 rings (SSSR count). The fourth-order valence-electron chi connectivity index (χ4n) is 2.03. The molecule has 0 saturated carbocycles. The molecular weight excluding hydrogens is 344 g/mol. The summed E-state index contributed by atoms with van der Waals surface area (Å²) in [4.78, 5) is 11.9. The van der Waals surface area contributed by atoms with Gasteiger partial charge in [-0.15, -0.1) is 0 Å². The number of amides is 2. The largest absolute Gasteiger partial charge is 0.337 e. The summed E-state index contributed by atoms with van der Waals surface area (Å²) in [5.74, 6) is 0. The molecule has 10 heteroatoms. The molecule has 9 nitrogen and oxygen atoms in total. The van der Waals surface area contributed by atoms with Gasteiger partial charge in [-0.3, -0.25) is 9.40 Å². The van der Waals surface area contributed by atoms with E-state index in [0.29, 0.717) is 24.3 Å². The number of carbonyl (C=O) groups excluding carboxylic acids is 1. The second-order valence-electron chi connectivity index (χ2n) is 5.55. The quantitative estimate of drug-likeness (QED) is 0.679. The minimum absolute atomic E-state index is 0.362. The van der Waals surface area contributed by atoms with Gasteiger partial charge in [0.25, 0.3) is 0 Å². The summed E-state index contributed by atoms with van der Waals surface area (Å²) < 4.78 is 28.9. The Morgan fingerprint density at radius 3 is 2.60 bits per heavy atom. The molecule has 0 aliphatic rings. The summed E-state index contributed by atoms with van der Waals surface area (Å²) in [5.41, 5.74) is 1.86. The lowest BCUT2D eigenvalue weighted by Crippen LogP contribution is -2.31. The number of hydrogen-bond acceptors (Lipinski definition) is 4. The molecule has 0 radical (unpaired) electrons. The van der Waals surface area contributed by atoms with Crippen LogP contribution in [0, 0.1) is 0 Å². The molecule has 1 heterocycles. The molecule has 0 unspecified atom stereocenters. The van der Waals surface area contributed by atoms with Crippen LogP contribution in [-0.4, -0.2) is 49.2 Å². The fourth-order valence-corrected chi connectivity index (χ4v) is 2.63. The van der Waals surface area contributed by atoms with Crippen LogP contribution in [0.4, 0.5) is 16.2 Å². The molecule has 0 atom stereocenters.